The Kier molecular flexibility index (Phi) is 27.0. The Labute approximate surface area is 686 Å². The molecule has 0 bridgehead atoms. The number of alkyl halides is 1. The van der Waals surface area contributed by atoms with Crippen LogP contribution in [0, 0.1) is 23.7 Å². The molecule has 1 aromatic heterocycles. The number of methoxy groups -OCH3 is 2. The number of likely N-dealkylation sites (tertiary alicyclic amines) is 2. The van der Waals surface area contributed by atoms with Gasteiger partial charge in [0.05, 0.1) is 43.8 Å². The fourth-order valence-electron chi connectivity index (χ4n) is 18.1. The van der Waals surface area contributed by atoms with Gasteiger partial charge in [-0.05, 0) is 153 Å². The maximum atomic E-state index is 15.3. The molecule has 0 radical (unpaired) electrons. The third-order valence-electron chi connectivity index (χ3n) is 23.9. The first-order valence-electron chi connectivity index (χ1n) is 40.0. The summed E-state index contributed by atoms with van der Waals surface area (Å²) in [5.74, 6) is -0.756. The minimum absolute atomic E-state index is 0. The van der Waals surface area contributed by atoms with Gasteiger partial charge in [0.15, 0.2) is 34.3 Å². The first-order chi connectivity index (χ1) is 55.4. The van der Waals surface area contributed by atoms with E-state index in [1.54, 1.807) is 35.5 Å². The highest BCUT2D eigenvalue weighted by atomic mass is 35.5. The van der Waals surface area contributed by atoms with Gasteiger partial charge in [-0.15, -0.1) is 11.3 Å². The third kappa shape index (κ3) is 18.7. The monoisotopic (exact) mass is 1620 g/mol. The topological polar surface area (TPSA) is 218 Å². The molecule has 7 aromatic carbocycles. The highest BCUT2D eigenvalue weighted by Gasteiger charge is 2.57. The van der Waals surface area contributed by atoms with Gasteiger partial charge in [-0.2, -0.15) is 0 Å². The first kappa shape index (κ1) is 83.5. The number of carbonyl (C=O) groups excluding carboxylic acids is 7. The van der Waals surface area contributed by atoms with Crippen molar-refractivity contribution in [1.29, 1.82) is 0 Å². The first-order valence-corrected chi connectivity index (χ1v) is 41.6. The van der Waals surface area contributed by atoms with E-state index < -0.39 is 59.6 Å². The Morgan fingerprint density at radius 2 is 0.991 bits per heavy atom. The van der Waals surface area contributed by atoms with E-state index in [2.05, 4.69) is 64.2 Å². The molecular formula is C93H102Cl2FN5O13S. The van der Waals surface area contributed by atoms with E-state index in [0.717, 1.165) is 116 Å². The van der Waals surface area contributed by atoms with Crippen molar-refractivity contribution in [3.05, 3.63) is 224 Å². The van der Waals surface area contributed by atoms with Crippen LogP contribution in [0.2, 0.25) is 10.0 Å². The number of halogens is 3. The van der Waals surface area contributed by atoms with Crippen molar-refractivity contribution in [1.82, 2.24) is 15.1 Å². The molecule has 16 rings (SSSR count). The summed E-state index contributed by atoms with van der Waals surface area (Å²) < 4.78 is 34.3. The predicted octanol–water partition coefficient (Wildman–Crippen LogP) is 19.1. The smallest absolute Gasteiger partial charge is 0.410 e. The Morgan fingerprint density at radius 3 is 1.43 bits per heavy atom. The number of rotatable bonds is 30. The zero-order valence-electron chi connectivity index (χ0n) is 65.1. The number of Topliss-reactive ketones (excluding diaryl/α,β-unsaturated/α-hetero) is 4. The molecule has 2 saturated carbocycles. The summed E-state index contributed by atoms with van der Waals surface area (Å²) in [5.41, 5.74) is 10.9. The number of oxime groups is 2. The van der Waals surface area contributed by atoms with Crippen molar-refractivity contribution >= 4 is 97.3 Å². The molecule has 8 aromatic rings. The second-order valence-corrected chi connectivity index (χ2v) is 33.6. The van der Waals surface area contributed by atoms with E-state index in [4.69, 9.17) is 51.8 Å². The lowest BCUT2D eigenvalue weighted by molar-refractivity contribution is -0.141. The summed E-state index contributed by atoms with van der Waals surface area (Å²) >= 11 is 14.2. The number of nitrogens with zero attached hydrogens (tertiary/aromatic N) is 4. The highest BCUT2D eigenvalue weighted by molar-refractivity contribution is 7.17. The lowest BCUT2D eigenvalue weighted by Gasteiger charge is -2.30. The summed E-state index contributed by atoms with van der Waals surface area (Å²) in [5, 5.41) is 16.0. The standard InChI is InChI=1S/C51H52ClN3O7S.C40H43ClN2O6.CH3F.CH4/c1-3-11-33(48(60-2)46(57)22-31-20-21-31)25-45(56)44-27-51(26-43(54-62-51)32-12-10-13-35(52)23-32)30-55(44)49(58)42(24-34-29-63-47-19-9-8-14-36(34)47)53-50(59)61-28-41-39-17-6-4-15-37(39)38-16-5-7-18-40(38)41;1-3-9-27(38(47-2)37(45)18-25-16-17-25)20-36(44)35-22-40(21-34(42-49-40)26-10-8-11-28(41)19-26)24-43(35)39(46)48-23-33-31-14-6-4-12-29(31)30-13-5-7-15-32(30)33;1-2;/h4-10,12-19,23,29,31,33,41-42,44,48H,3,11,20-22,24-28,30H2,1-2H3,(H,53,59);4-8,10-15,19,25,27,33,35,38H,3,9,16-18,20-24H2,1-2H3;1H3;1H4/t33-,42-,44-,48?,51+;27-,35-,38?,40+;;/m00../s1. The van der Waals surface area contributed by atoms with Crippen molar-refractivity contribution in [3.63, 3.8) is 0 Å². The van der Waals surface area contributed by atoms with Crippen molar-refractivity contribution in [2.45, 2.75) is 184 Å². The minimum Gasteiger partial charge on any atom is -0.449 e. The summed E-state index contributed by atoms with van der Waals surface area (Å²) in [7, 11) is 3.59. The van der Waals surface area contributed by atoms with Crippen LogP contribution in [0.4, 0.5) is 14.0 Å². The van der Waals surface area contributed by atoms with Crippen LogP contribution in [-0.4, -0.2) is 152 Å². The van der Waals surface area contributed by atoms with E-state index in [1.807, 2.05) is 128 Å². The summed E-state index contributed by atoms with van der Waals surface area (Å²) in [6, 6.07) is 52.6. The normalized spacial score (nSPS) is 20.8. The van der Waals surface area contributed by atoms with Crippen LogP contribution in [0.3, 0.4) is 0 Å². The second-order valence-electron chi connectivity index (χ2n) is 31.8. The molecule has 604 valence electrons. The molecule has 3 amide bonds. The van der Waals surface area contributed by atoms with Crippen molar-refractivity contribution in [3.8, 4) is 22.3 Å². The van der Waals surface area contributed by atoms with E-state index in [1.165, 1.54) is 12.0 Å². The Bertz CT molecular complexity index is 4860. The van der Waals surface area contributed by atoms with Gasteiger partial charge in [-0.3, -0.25) is 33.3 Å². The van der Waals surface area contributed by atoms with Gasteiger partial charge in [-0.25, -0.2) is 9.59 Å². The minimum atomic E-state index is -1.09. The molecule has 2 spiro atoms. The van der Waals surface area contributed by atoms with E-state index in [9.17, 15) is 33.2 Å². The van der Waals surface area contributed by atoms with Crippen LogP contribution in [0.15, 0.2) is 186 Å². The van der Waals surface area contributed by atoms with Crippen LogP contribution < -0.4 is 5.32 Å². The van der Waals surface area contributed by atoms with Crippen LogP contribution in [0.25, 0.3) is 32.3 Å². The lowest BCUT2D eigenvalue weighted by atomic mass is 9.84. The maximum absolute atomic E-state index is 15.3. The molecule has 4 fully saturated rings. The fourth-order valence-corrected chi connectivity index (χ4v) is 19.5. The van der Waals surface area contributed by atoms with Crippen molar-refractivity contribution < 1.29 is 66.6 Å². The molecule has 8 aliphatic rings. The number of nitrogens with one attached hydrogen (secondary N) is 1. The second kappa shape index (κ2) is 37.2. The molecular weight excluding hydrogens is 1520 g/mol. The van der Waals surface area contributed by atoms with E-state index in [-0.39, 0.29) is 113 Å². The van der Waals surface area contributed by atoms with Gasteiger partial charge >= 0.3 is 12.2 Å². The summed E-state index contributed by atoms with van der Waals surface area (Å²) in [4.78, 5) is 115. The molecule has 4 aliphatic heterocycles. The largest absolute Gasteiger partial charge is 0.449 e. The number of amides is 3. The van der Waals surface area contributed by atoms with E-state index >= 15 is 4.79 Å². The SMILES string of the molecule is C.CCC[C@@H](CC(=O)[C@@H]1C[C@]2(CC(c3cccc(Cl)c3)=NO2)CN1C(=O)OCC1c2ccccc2-c2ccccc21)C(OC)C(=O)CC1CC1.CCC[C@@H](CC(=O)[C@@H]1C[C@]2(CC(c3cccc(Cl)c3)=NO2)CN1C(=O)[C@H](Cc1csc2ccccc12)NC(=O)OCC1c2ccccc2-c2ccccc21)C(OC)C(=O)CC1CC1.CF. The average molecular weight is 1620 g/mol. The molecule has 2 unspecified atom stereocenters. The number of hydrogen-bond donors (Lipinski definition) is 1. The van der Waals surface area contributed by atoms with Gasteiger partial charge in [0.2, 0.25) is 5.91 Å². The molecule has 9 atom stereocenters. The number of benzene rings is 7. The van der Waals surface area contributed by atoms with Gasteiger partial charge in [-0.1, -0.05) is 207 Å². The summed E-state index contributed by atoms with van der Waals surface area (Å²) in [6.07, 6.45) is 6.90. The molecule has 18 nitrogen and oxygen atoms in total. The van der Waals surface area contributed by atoms with Gasteiger partial charge < -0.3 is 38.8 Å². The number of hydrogen-bond acceptors (Lipinski definition) is 16. The van der Waals surface area contributed by atoms with Crippen LogP contribution in [0.5, 0.6) is 0 Å². The van der Waals surface area contributed by atoms with Crippen molar-refractivity contribution in [2.75, 3.05) is 47.7 Å². The molecule has 22 heteroatoms. The molecule has 2 saturated heterocycles. The highest BCUT2D eigenvalue weighted by Crippen LogP contribution is 2.49. The Morgan fingerprint density at radius 1 is 0.565 bits per heavy atom. The Balaban J connectivity index is 0.000000200. The summed E-state index contributed by atoms with van der Waals surface area (Å²) in [6.45, 7) is 4.51. The lowest BCUT2D eigenvalue weighted by Crippen LogP contribution is -2.53. The number of carbonyl (C=O) groups is 7. The number of ether oxygens (including phenoxy) is 4. The third-order valence-corrected chi connectivity index (χ3v) is 25.4. The van der Waals surface area contributed by atoms with Gasteiger partial charge in [0.1, 0.15) is 31.5 Å². The molecule has 1 N–H and O–H groups in total. The number of ketones is 4. The zero-order chi connectivity index (χ0) is 79.8. The number of thiophene rings is 1. The van der Waals surface area contributed by atoms with E-state index in [0.29, 0.717) is 73.3 Å². The zero-order valence-corrected chi connectivity index (χ0v) is 67.4. The predicted molar refractivity (Wildman–Crippen MR) is 447 cm³/mol. The Hall–Kier alpha value is -9.44. The van der Waals surface area contributed by atoms with Gasteiger partial charge in [0, 0.05) is 110 Å². The van der Waals surface area contributed by atoms with Crippen LogP contribution >= 0.6 is 34.5 Å². The maximum Gasteiger partial charge on any atom is 0.410 e. The number of alkyl carbamates (subject to hydrolysis) is 1. The molecule has 115 heavy (non-hydrogen) atoms. The number of fused-ring (bicyclic) bond motifs is 7. The van der Waals surface area contributed by atoms with Crippen LogP contribution in [-0.2, 0) is 59.0 Å². The van der Waals surface area contributed by atoms with Crippen molar-refractivity contribution in [2.24, 2.45) is 34.0 Å². The fraction of sp³-hybridized carbons (Fsp3) is 0.430. The average Bonchev–Trinajstić information content (AvgIpc) is 1.62. The molecule has 5 heterocycles. The van der Waals surface area contributed by atoms with Gasteiger partial charge in [0.25, 0.3) is 0 Å². The van der Waals surface area contributed by atoms with Crippen LogP contribution in [0.1, 0.15) is 175 Å². The quantitative estimate of drug-likeness (QED) is 0.0443. The molecule has 4 aliphatic carbocycles.